The quantitative estimate of drug-likeness (QED) is 0.244. The van der Waals surface area contributed by atoms with Gasteiger partial charge in [-0.05, 0) is 74.3 Å². The summed E-state index contributed by atoms with van der Waals surface area (Å²) < 4.78 is 21.6. The zero-order chi connectivity index (χ0) is 30.1. The van der Waals surface area contributed by atoms with E-state index >= 15 is 0 Å². The van der Waals surface area contributed by atoms with E-state index in [0.29, 0.717) is 24.8 Å². The molecule has 2 heterocycles. The number of ether oxygens (including phenoxy) is 1. The van der Waals surface area contributed by atoms with Crippen LogP contribution in [0.4, 0.5) is 10.1 Å². The zero-order valence-corrected chi connectivity index (χ0v) is 23.3. The van der Waals surface area contributed by atoms with Crippen molar-refractivity contribution < 1.29 is 33.7 Å². The topological polar surface area (TPSA) is 134 Å². The summed E-state index contributed by atoms with van der Waals surface area (Å²) >= 11 is 5.81. The molecule has 1 saturated heterocycles. The first kappa shape index (κ1) is 30.5. The lowest BCUT2D eigenvalue weighted by molar-refractivity contribution is -0.159. The highest BCUT2D eigenvalue weighted by atomic mass is 35.5. The normalized spacial score (nSPS) is 13.7. The Labute approximate surface area is 246 Å². The Balaban J connectivity index is 0.000000612. The number of rotatable bonds is 8. The first-order valence-corrected chi connectivity index (χ1v) is 13.6. The summed E-state index contributed by atoms with van der Waals surface area (Å²) in [5.74, 6) is -2.06. The average molecular weight is 597 g/mol. The number of likely N-dealkylation sites (tertiary alicyclic amines) is 1. The number of para-hydroxylation sites is 3. The minimum Gasteiger partial charge on any atom is -0.486 e. The molecule has 3 aromatic carbocycles. The number of aromatic nitrogens is 2. The molecular formula is C30H30ClFN4O6. The lowest BCUT2D eigenvalue weighted by Gasteiger charge is -2.32. The number of hydrogen-bond acceptors (Lipinski definition) is 6. The van der Waals surface area contributed by atoms with E-state index in [1.54, 1.807) is 0 Å². The Hall–Kier alpha value is -4.48. The van der Waals surface area contributed by atoms with Gasteiger partial charge in [0.15, 0.2) is 0 Å². The van der Waals surface area contributed by atoms with Gasteiger partial charge in [0, 0.05) is 12.2 Å². The Morgan fingerprint density at radius 2 is 1.64 bits per heavy atom. The number of fused-ring (bicyclic) bond motifs is 1. The highest BCUT2D eigenvalue weighted by molar-refractivity contribution is 6.31. The van der Waals surface area contributed by atoms with Gasteiger partial charge in [-0.1, -0.05) is 41.9 Å². The predicted molar refractivity (Wildman–Crippen MR) is 155 cm³/mol. The fourth-order valence-electron chi connectivity index (χ4n) is 4.67. The number of imidazole rings is 1. The number of carbonyl (C=O) groups excluding carboxylic acids is 1. The van der Waals surface area contributed by atoms with Crippen LogP contribution in [-0.2, 0) is 27.5 Å². The second kappa shape index (κ2) is 14.4. The molecule has 1 amide bonds. The molecule has 10 nitrogen and oxygen atoms in total. The number of carboxylic acids is 2. The molecule has 0 spiro atoms. The molecule has 5 rings (SSSR count). The molecular weight excluding hydrogens is 567 g/mol. The van der Waals surface area contributed by atoms with Crippen molar-refractivity contribution in [2.24, 2.45) is 5.92 Å². The lowest BCUT2D eigenvalue weighted by Crippen LogP contribution is -2.40. The van der Waals surface area contributed by atoms with Gasteiger partial charge in [0.05, 0.1) is 22.6 Å². The number of nitrogens with one attached hydrogen (secondary N) is 1. The van der Waals surface area contributed by atoms with Crippen molar-refractivity contribution in [2.45, 2.75) is 26.0 Å². The number of carbonyl (C=O) groups is 3. The van der Waals surface area contributed by atoms with Crippen LogP contribution in [0.25, 0.3) is 11.0 Å². The van der Waals surface area contributed by atoms with E-state index in [9.17, 15) is 9.18 Å². The van der Waals surface area contributed by atoms with Crippen LogP contribution in [0.2, 0.25) is 5.02 Å². The van der Waals surface area contributed by atoms with E-state index in [1.165, 1.54) is 18.2 Å². The number of anilines is 1. The van der Waals surface area contributed by atoms with E-state index < -0.39 is 17.8 Å². The number of piperidine rings is 1. The number of aliphatic carboxylic acids is 2. The van der Waals surface area contributed by atoms with Crippen molar-refractivity contribution in [3.63, 3.8) is 0 Å². The van der Waals surface area contributed by atoms with Crippen LogP contribution >= 0.6 is 11.6 Å². The molecule has 1 aliphatic heterocycles. The summed E-state index contributed by atoms with van der Waals surface area (Å²) in [6.45, 7) is 3.24. The van der Waals surface area contributed by atoms with E-state index in [-0.39, 0.29) is 10.9 Å². The molecule has 1 aliphatic rings. The largest absolute Gasteiger partial charge is 0.486 e. The van der Waals surface area contributed by atoms with Gasteiger partial charge in [-0.3, -0.25) is 9.69 Å². The van der Waals surface area contributed by atoms with Crippen LogP contribution in [-0.4, -0.2) is 62.1 Å². The van der Waals surface area contributed by atoms with Gasteiger partial charge in [0.2, 0.25) is 5.91 Å². The smallest absolute Gasteiger partial charge is 0.414 e. The Morgan fingerprint density at radius 3 is 2.31 bits per heavy atom. The van der Waals surface area contributed by atoms with Crippen LogP contribution < -0.4 is 10.1 Å². The molecule has 42 heavy (non-hydrogen) atoms. The predicted octanol–water partition coefficient (Wildman–Crippen LogP) is 4.91. The van der Waals surface area contributed by atoms with Gasteiger partial charge in [-0.2, -0.15) is 0 Å². The van der Waals surface area contributed by atoms with Crippen molar-refractivity contribution >= 4 is 46.2 Å². The van der Waals surface area contributed by atoms with Gasteiger partial charge in [-0.25, -0.2) is 19.0 Å². The second-order valence-electron chi connectivity index (χ2n) is 9.74. The van der Waals surface area contributed by atoms with E-state index in [4.69, 9.17) is 41.1 Å². The summed E-state index contributed by atoms with van der Waals surface area (Å²) in [6, 6.07) is 22.2. The summed E-state index contributed by atoms with van der Waals surface area (Å²) in [5, 5.41) is 17.6. The summed E-state index contributed by atoms with van der Waals surface area (Å²) in [7, 11) is 0. The molecule has 0 bridgehead atoms. The molecule has 3 N–H and O–H groups in total. The number of carboxylic acid groups (broad SMARTS) is 2. The number of nitrogens with zero attached hydrogens (tertiary/aromatic N) is 3. The number of halogens is 2. The Kier molecular flexibility index (Phi) is 10.5. The number of amides is 1. The van der Waals surface area contributed by atoms with Gasteiger partial charge in [-0.15, -0.1) is 0 Å². The van der Waals surface area contributed by atoms with Crippen LogP contribution in [0.3, 0.4) is 0 Å². The van der Waals surface area contributed by atoms with Gasteiger partial charge in [0.1, 0.15) is 24.0 Å². The van der Waals surface area contributed by atoms with Gasteiger partial charge < -0.3 is 24.8 Å². The van der Waals surface area contributed by atoms with Crippen LogP contribution in [0, 0.1) is 11.7 Å². The summed E-state index contributed by atoms with van der Waals surface area (Å²) in [5.41, 5.74) is 2.58. The maximum Gasteiger partial charge on any atom is 0.414 e. The fourth-order valence-corrected chi connectivity index (χ4v) is 4.85. The molecule has 0 unspecified atom stereocenters. The van der Waals surface area contributed by atoms with Crippen molar-refractivity contribution in [3.8, 4) is 5.75 Å². The summed E-state index contributed by atoms with van der Waals surface area (Å²) in [4.78, 5) is 37.7. The monoisotopic (exact) mass is 596 g/mol. The third-order valence-electron chi connectivity index (χ3n) is 6.75. The third-order valence-corrected chi connectivity index (χ3v) is 7.04. The molecule has 1 aromatic heterocycles. The third kappa shape index (κ3) is 8.51. The fraction of sp³-hybridized carbons (Fsp3) is 0.267. The minimum atomic E-state index is -1.82. The molecule has 0 atom stereocenters. The van der Waals surface area contributed by atoms with Crippen LogP contribution in [0.15, 0.2) is 72.8 Å². The van der Waals surface area contributed by atoms with Crippen molar-refractivity contribution in [1.29, 1.82) is 0 Å². The first-order chi connectivity index (χ1) is 20.2. The van der Waals surface area contributed by atoms with Gasteiger partial charge >= 0.3 is 11.9 Å². The van der Waals surface area contributed by atoms with Crippen LogP contribution in [0.1, 0.15) is 18.7 Å². The minimum absolute atomic E-state index is 0.00539. The van der Waals surface area contributed by atoms with Gasteiger partial charge in [0.25, 0.3) is 0 Å². The summed E-state index contributed by atoms with van der Waals surface area (Å²) in [6.07, 6.45) is 1.97. The van der Waals surface area contributed by atoms with Crippen molar-refractivity contribution in [1.82, 2.24) is 14.5 Å². The van der Waals surface area contributed by atoms with E-state index in [1.807, 2.05) is 48.5 Å². The average Bonchev–Trinajstić information content (AvgIpc) is 3.32. The first-order valence-electron chi connectivity index (χ1n) is 13.2. The van der Waals surface area contributed by atoms with Crippen molar-refractivity contribution in [2.75, 3.05) is 25.0 Å². The molecule has 0 aliphatic carbocycles. The molecule has 1 fully saturated rings. The molecule has 0 saturated carbocycles. The van der Waals surface area contributed by atoms with Crippen molar-refractivity contribution in [3.05, 3.63) is 89.5 Å². The highest BCUT2D eigenvalue weighted by Crippen LogP contribution is 2.25. The molecule has 0 radical (unpaired) electrons. The molecule has 4 aromatic rings. The Morgan fingerprint density at radius 1 is 0.976 bits per heavy atom. The molecule has 12 heteroatoms. The Bertz CT molecular complexity index is 1530. The zero-order valence-electron chi connectivity index (χ0n) is 22.6. The maximum atomic E-state index is 13.3. The molecule has 220 valence electrons. The maximum absolute atomic E-state index is 13.3. The lowest BCUT2D eigenvalue weighted by atomic mass is 9.96. The SMILES string of the molecule is O=C(CN1CCC(Cn2c(COc3ccccc3)nc3ccccc32)CC1)Nc1ccc(F)c(Cl)c1.O=C(O)C(=O)O. The highest BCUT2D eigenvalue weighted by Gasteiger charge is 2.23. The standard InChI is InChI=1S/C28H28ClFN4O2.C2H2O4/c29-23-16-21(10-11-24(23)30)31-28(35)18-33-14-12-20(13-15-33)17-34-26-9-5-4-8-25(26)32-27(34)19-36-22-6-2-1-3-7-22;3-1(4)2(5)6/h1-11,16,20H,12-15,17-19H2,(H,31,35);(H,3,4)(H,5,6). The number of hydrogen-bond donors (Lipinski definition) is 3. The van der Waals surface area contributed by atoms with E-state index in [2.05, 4.69) is 20.9 Å². The van der Waals surface area contributed by atoms with Crippen LogP contribution in [0.5, 0.6) is 5.75 Å². The second-order valence-corrected chi connectivity index (χ2v) is 10.1. The number of benzene rings is 3. The van der Waals surface area contributed by atoms with E-state index in [0.717, 1.165) is 55.1 Å².